The molecular weight excluding hydrogens is 252 g/mol. The number of aromatic nitrogens is 1. The molecular formula is C8H11BrN2OS. The summed E-state index contributed by atoms with van der Waals surface area (Å²) in [6.07, 6.45) is 0.484. The van der Waals surface area contributed by atoms with Crippen LogP contribution in [0.4, 0.5) is 5.13 Å². The lowest BCUT2D eigenvalue weighted by Crippen LogP contribution is -2.11. The maximum Gasteiger partial charge on any atom is 0.226 e. The first-order chi connectivity index (χ1) is 6.13. The molecule has 0 aromatic carbocycles. The molecule has 3 nitrogen and oxygen atoms in total. The maximum absolute atomic E-state index is 11.2. The maximum atomic E-state index is 11.2. The van der Waals surface area contributed by atoms with Crippen molar-refractivity contribution >= 4 is 38.3 Å². The molecule has 1 rings (SSSR count). The highest BCUT2D eigenvalue weighted by atomic mass is 79.9. The Bertz CT molecular complexity index is 292. The van der Waals surface area contributed by atoms with Gasteiger partial charge in [0.2, 0.25) is 5.91 Å². The molecule has 1 amide bonds. The molecule has 0 fully saturated rings. The van der Waals surface area contributed by atoms with E-state index in [1.54, 1.807) is 0 Å². The van der Waals surface area contributed by atoms with Gasteiger partial charge in [0.1, 0.15) is 0 Å². The quantitative estimate of drug-likeness (QED) is 0.851. The van der Waals surface area contributed by atoms with Gasteiger partial charge in [-0.3, -0.25) is 4.79 Å². The zero-order chi connectivity index (χ0) is 9.84. The summed E-state index contributed by atoms with van der Waals surface area (Å²) in [6.45, 7) is 3.93. The third kappa shape index (κ3) is 3.08. The Kier molecular flexibility index (Phi) is 3.87. The van der Waals surface area contributed by atoms with Crippen molar-refractivity contribution in [3.05, 3.63) is 10.6 Å². The fourth-order valence-corrected chi connectivity index (χ4v) is 1.98. The number of anilines is 1. The Hall–Kier alpha value is -0.420. The molecule has 0 aliphatic heterocycles. The molecule has 0 aliphatic carbocycles. The summed E-state index contributed by atoms with van der Waals surface area (Å²) in [7, 11) is 0. The number of carbonyl (C=O) groups is 1. The van der Waals surface area contributed by atoms with Gasteiger partial charge in [0, 0.05) is 16.6 Å². The van der Waals surface area contributed by atoms with E-state index in [-0.39, 0.29) is 5.91 Å². The van der Waals surface area contributed by atoms with Crippen molar-refractivity contribution in [2.45, 2.75) is 20.3 Å². The molecule has 0 radical (unpaired) electrons. The van der Waals surface area contributed by atoms with Gasteiger partial charge in [0.15, 0.2) is 5.13 Å². The summed E-state index contributed by atoms with van der Waals surface area (Å²) < 4.78 is 0. The highest BCUT2D eigenvalue weighted by Crippen LogP contribution is 2.20. The van der Waals surface area contributed by atoms with Crippen molar-refractivity contribution in [1.82, 2.24) is 4.98 Å². The molecule has 0 saturated heterocycles. The van der Waals surface area contributed by atoms with Crippen LogP contribution in [0.5, 0.6) is 0 Å². The van der Waals surface area contributed by atoms with Crippen molar-refractivity contribution in [3.8, 4) is 0 Å². The minimum Gasteiger partial charge on any atom is -0.302 e. The van der Waals surface area contributed by atoms with Gasteiger partial charge >= 0.3 is 0 Å². The number of aryl methyl sites for hydroxylation is 2. The number of nitrogens with zero attached hydrogens (tertiary/aromatic N) is 1. The fourth-order valence-electron chi connectivity index (χ4n) is 0.794. The molecule has 0 spiro atoms. The monoisotopic (exact) mass is 262 g/mol. The Labute approximate surface area is 89.7 Å². The van der Waals surface area contributed by atoms with Crippen LogP contribution in [0.15, 0.2) is 0 Å². The van der Waals surface area contributed by atoms with Crippen LogP contribution in [0.3, 0.4) is 0 Å². The molecule has 13 heavy (non-hydrogen) atoms. The largest absolute Gasteiger partial charge is 0.302 e. The van der Waals surface area contributed by atoms with E-state index in [4.69, 9.17) is 0 Å². The van der Waals surface area contributed by atoms with E-state index in [0.29, 0.717) is 16.9 Å². The Morgan fingerprint density at radius 2 is 2.31 bits per heavy atom. The highest BCUT2D eigenvalue weighted by molar-refractivity contribution is 9.09. The number of halogens is 1. The Balaban J connectivity index is 2.59. The van der Waals surface area contributed by atoms with Crippen LogP contribution in [-0.4, -0.2) is 16.2 Å². The molecule has 0 unspecified atom stereocenters. The molecule has 1 aromatic rings. The van der Waals surface area contributed by atoms with Gasteiger partial charge in [-0.15, -0.1) is 11.3 Å². The van der Waals surface area contributed by atoms with Crippen molar-refractivity contribution in [2.24, 2.45) is 0 Å². The number of rotatable bonds is 3. The number of thiazole rings is 1. The topological polar surface area (TPSA) is 42.0 Å². The van der Waals surface area contributed by atoms with E-state index in [0.717, 1.165) is 10.6 Å². The number of carbonyl (C=O) groups excluding carboxylic acids is 1. The predicted octanol–water partition coefficient (Wildman–Crippen LogP) is 2.48. The standard InChI is InChI=1S/C8H11BrN2OS/c1-5-6(2)13-8(10-5)11-7(12)3-4-9/h3-4H2,1-2H3,(H,10,11,12). The molecule has 1 N–H and O–H groups in total. The number of nitrogens with one attached hydrogen (secondary N) is 1. The van der Waals surface area contributed by atoms with E-state index in [1.807, 2.05) is 13.8 Å². The van der Waals surface area contributed by atoms with E-state index in [9.17, 15) is 4.79 Å². The van der Waals surface area contributed by atoms with Gasteiger partial charge in [-0.2, -0.15) is 0 Å². The van der Waals surface area contributed by atoms with E-state index < -0.39 is 0 Å². The minimum absolute atomic E-state index is 0.00521. The van der Waals surface area contributed by atoms with Crippen LogP contribution in [0.2, 0.25) is 0 Å². The summed E-state index contributed by atoms with van der Waals surface area (Å²) in [5.41, 5.74) is 0.985. The van der Waals surface area contributed by atoms with Gasteiger partial charge < -0.3 is 5.32 Å². The average molecular weight is 263 g/mol. The van der Waals surface area contributed by atoms with Crippen LogP contribution < -0.4 is 5.32 Å². The van der Waals surface area contributed by atoms with Crippen molar-refractivity contribution in [1.29, 1.82) is 0 Å². The highest BCUT2D eigenvalue weighted by Gasteiger charge is 2.06. The van der Waals surface area contributed by atoms with Gasteiger partial charge in [0.25, 0.3) is 0 Å². The molecule has 72 valence electrons. The number of alkyl halides is 1. The second-order valence-corrected chi connectivity index (χ2v) is 4.64. The zero-order valence-corrected chi connectivity index (χ0v) is 9.96. The number of hydrogen-bond acceptors (Lipinski definition) is 3. The third-order valence-electron chi connectivity index (χ3n) is 1.60. The molecule has 1 aromatic heterocycles. The molecule has 0 saturated carbocycles. The summed E-state index contributed by atoms with van der Waals surface area (Å²) in [4.78, 5) is 16.5. The normalized spacial score (nSPS) is 10.1. The predicted molar refractivity (Wildman–Crippen MR) is 58.6 cm³/mol. The molecule has 5 heteroatoms. The SMILES string of the molecule is Cc1nc(NC(=O)CCBr)sc1C. The molecule has 0 bridgehead atoms. The van der Waals surface area contributed by atoms with Gasteiger partial charge in [0.05, 0.1) is 5.69 Å². The van der Waals surface area contributed by atoms with Crippen molar-refractivity contribution in [2.75, 3.05) is 10.6 Å². The number of hydrogen-bond donors (Lipinski definition) is 1. The van der Waals surface area contributed by atoms with Crippen molar-refractivity contribution < 1.29 is 4.79 Å². The van der Waals surface area contributed by atoms with E-state index in [2.05, 4.69) is 26.2 Å². The van der Waals surface area contributed by atoms with Gasteiger partial charge in [-0.25, -0.2) is 4.98 Å². The lowest BCUT2D eigenvalue weighted by molar-refractivity contribution is -0.115. The van der Waals surface area contributed by atoms with Crippen molar-refractivity contribution in [3.63, 3.8) is 0 Å². The minimum atomic E-state index is 0.00521. The van der Waals surface area contributed by atoms with Crippen LogP contribution >= 0.6 is 27.3 Å². The van der Waals surface area contributed by atoms with Gasteiger partial charge in [-0.05, 0) is 13.8 Å². The molecule has 0 aliphatic rings. The Morgan fingerprint density at radius 3 is 2.77 bits per heavy atom. The summed E-state index contributed by atoms with van der Waals surface area (Å²) in [6, 6.07) is 0. The Morgan fingerprint density at radius 1 is 1.62 bits per heavy atom. The first-order valence-corrected chi connectivity index (χ1v) is 5.87. The zero-order valence-electron chi connectivity index (χ0n) is 7.56. The lowest BCUT2D eigenvalue weighted by atomic mass is 10.4. The van der Waals surface area contributed by atoms with E-state index in [1.165, 1.54) is 11.3 Å². The smallest absolute Gasteiger partial charge is 0.226 e. The second kappa shape index (κ2) is 4.72. The fraction of sp³-hybridized carbons (Fsp3) is 0.500. The molecule has 0 atom stereocenters. The van der Waals surface area contributed by atoms with Crippen LogP contribution in [-0.2, 0) is 4.79 Å². The summed E-state index contributed by atoms with van der Waals surface area (Å²) >= 11 is 4.72. The second-order valence-electron chi connectivity index (χ2n) is 2.65. The lowest BCUT2D eigenvalue weighted by Gasteiger charge is -1.97. The van der Waals surface area contributed by atoms with Gasteiger partial charge in [-0.1, -0.05) is 15.9 Å². The number of amides is 1. The summed E-state index contributed by atoms with van der Waals surface area (Å²) in [5, 5.41) is 4.12. The summed E-state index contributed by atoms with van der Waals surface area (Å²) in [5.74, 6) is 0.00521. The van der Waals surface area contributed by atoms with Crippen LogP contribution in [0.1, 0.15) is 17.0 Å². The van der Waals surface area contributed by atoms with Crippen LogP contribution in [0, 0.1) is 13.8 Å². The molecule has 1 heterocycles. The van der Waals surface area contributed by atoms with Crippen LogP contribution in [0.25, 0.3) is 0 Å². The van der Waals surface area contributed by atoms with E-state index >= 15 is 0 Å². The third-order valence-corrected chi connectivity index (χ3v) is 2.98. The first-order valence-electron chi connectivity index (χ1n) is 3.93. The first kappa shape index (κ1) is 10.7. The average Bonchev–Trinajstić information content (AvgIpc) is 2.31.